The number of carboxylic acids is 1. The molecule has 1 aromatic carbocycles. The molecule has 1 aromatic heterocycles. The van der Waals surface area contributed by atoms with E-state index >= 15 is 0 Å². The van der Waals surface area contributed by atoms with Gasteiger partial charge in [0.05, 0.1) is 11.3 Å². The van der Waals surface area contributed by atoms with Crippen LogP contribution in [0.3, 0.4) is 0 Å². The molecule has 0 saturated carbocycles. The average Bonchev–Trinajstić information content (AvgIpc) is 2.46. The van der Waals surface area contributed by atoms with E-state index in [9.17, 15) is 4.79 Å². The van der Waals surface area contributed by atoms with Crippen molar-refractivity contribution in [2.75, 3.05) is 0 Å². The molecule has 98 valence electrons. The van der Waals surface area contributed by atoms with Crippen LogP contribution in [0.2, 0.25) is 0 Å². The largest absolute Gasteiger partial charge is 0.478 e. The Morgan fingerprint density at radius 3 is 2.68 bits per heavy atom. The van der Waals surface area contributed by atoms with Crippen molar-refractivity contribution in [1.82, 2.24) is 10.3 Å². The number of carbonyl (C=O) groups is 1. The molecule has 0 saturated heterocycles. The van der Waals surface area contributed by atoms with Crippen LogP contribution in [0.5, 0.6) is 0 Å². The minimum absolute atomic E-state index is 0.0723. The van der Waals surface area contributed by atoms with Crippen molar-refractivity contribution < 1.29 is 9.90 Å². The average molecular weight is 256 g/mol. The van der Waals surface area contributed by atoms with Gasteiger partial charge in [0.1, 0.15) is 0 Å². The van der Waals surface area contributed by atoms with E-state index in [1.54, 1.807) is 18.3 Å². The van der Waals surface area contributed by atoms with Gasteiger partial charge < -0.3 is 10.4 Å². The van der Waals surface area contributed by atoms with E-state index in [4.69, 9.17) is 5.11 Å². The Labute approximate surface area is 112 Å². The summed E-state index contributed by atoms with van der Waals surface area (Å²) >= 11 is 0. The lowest BCUT2D eigenvalue weighted by atomic mass is 10.1. The van der Waals surface area contributed by atoms with Gasteiger partial charge in [-0.2, -0.15) is 0 Å². The third-order valence-electron chi connectivity index (χ3n) is 2.98. The first-order chi connectivity index (χ1) is 9.18. The molecule has 19 heavy (non-hydrogen) atoms. The van der Waals surface area contributed by atoms with Crippen molar-refractivity contribution in [3.05, 3.63) is 65.5 Å². The second-order valence-corrected chi connectivity index (χ2v) is 4.32. The number of hydrogen-bond acceptors (Lipinski definition) is 3. The van der Waals surface area contributed by atoms with E-state index in [0.717, 1.165) is 11.3 Å². The lowest BCUT2D eigenvalue weighted by Gasteiger charge is -2.14. The third-order valence-corrected chi connectivity index (χ3v) is 2.98. The molecular weight excluding hydrogens is 240 g/mol. The first-order valence-electron chi connectivity index (χ1n) is 6.14. The number of nitrogens with zero attached hydrogens (tertiary/aromatic N) is 1. The number of nitrogens with one attached hydrogen (secondary N) is 1. The van der Waals surface area contributed by atoms with E-state index in [1.807, 2.05) is 37.3 Å². The molecular formula is C15H16N2O2. The van der Waals surface area contributed by atoms with Gasteiger partial charge in [-0.15, -0.1) is 0 Å². The van der Waals surface area contributed by atoms with Crippen LogP contribution < -0.4 is 5.32 Å². The van der Waals surface area contributed by atoms with E-state index in [0.29, 0.717) is 12.1 Å². The van der Waals surface area contributed by atoms with Crippen molar-refractivity contribution in [3.63, 3.8) is 0 Å². The predicted molar refractivity (Wildman–Crippen MR) is 72.9 cm³/mol. The maximum absolute atomic E-state index is 11.1. The number of pyridine rings is 1. The standard InChI is InChI=1S/C15H16N2O2/c1-11(14-8-4-5-9-16-14)17-10-12-6-2-3-7-13(12)15(18)19/h2-9,11,17H,10H2,1H3,(H,18,19). The van der Waals surface area contributed by atoms with Crippen molar-refractivity contribution in [3.8, 4) is 0 Å². The van der Waals surface area contributed by atoms with Gasteiger partial charge in [0.15, 0.2) is 0 Å². The Bertz CT molecular complexity index is 555. The Morgan fingerprint density at radius 2 is 2.00 bits per heavy atom. The molecule has 1 heterocycles. The summed E-state index contributed by atoms with van der Waals surface area (Å²) in [7, 11) is 0. The summed E-state index contributed by atoms with van der Waals surface area (Å²) in [5.41, 5.74) is 2.05. The second-order valence-electron chi connectivity index (χ2n) is 4.32. The molecule has 1 unspecified atom stereocenters. The number of aromatic nitrogens is 1. The molecule has 0 radical (unpaired) electrons. The first kappa shape index (κ1) is 13.2. The van der Waals surface area contributed by atoms with Gasteiger partial charge in [0, 0.05) is 18.8 Å². The van der Waals surface area contributed by atoms with Gasteiger partial charge in [0.25, 0.3) is 0 Å². The highest BCUT2D eigenvalue weighted by Gasteiger charge is 2.10. The number of rotatable bonds is 5. The maximum atomic E-state index is 11.1. The van der Waals surface area contributed by atoms with Gasteiger partial charge in [-0.1, -0.05) is 24.3 Å². The van der Waals surface area contributed by atoms with Crippen LogP contribution in [0.1, 0.15) is 34.6 Å². The SMILES string of the molecule is CC(NCc1ccccc1C(=O)O)c1ccccn1. The molecule has 4 nitrogen and oxygen atoms in total. The van der Waals surface area contributed by atoms with E-state index in [1.165, 1.54) is 0 Å². The zero-order valence-electron chi connectivity index (χ0n) is 10.7. The van der Waals surface area contributed by atoms with Crippen molar-refractivity contribution in [1.29, 1.82) is 0 Å². The summed E-state index contributed by atoms with van der Waals surface area (Å²) in [4.78, 5) is 15.4. The lowest BCUT2D eigenvalue weighted by Crippen LogP contribution is -2.20. The zero-order chi connectivity index (χ0) is 13.7. The van der Waals surface area contributed by atoms with Gasteiger partial charge in [-0.25, -0.2) is 4.79 Å². The smallest absolute Gasteiger partial charge is 0.336 e. The monoisotopic (exact) mass is 256 g/mol. The topological polar surface area (TPSA) is 62.2 Å². The van der Waals surface area contributed by atoms with Crippen LogP contribution in [0.25, 0.3) is 0 Å². The summed E-state index contributed by atoms with van der Waals surface area (Å²) in [6.07, 6.45) is 1.75. The minimum Gasteiger partial charge on any atom is -0.478 e. The highest BCUT2D eigenvalue weighted by Crippen LogP contribution is 2.12. The van der Waals surface area contributed by atoms with Gasteiger partial charge in [0.2, 0.25) is 0 Å². The molecule has 0 spiro atoms. The van der Waals surface area contributed by atoms with Crippen LogP contribution in [0, 0.1) is 0 Å². The van der Waals surface area contributed by atoms with E-state index < -0.39 is 5.97 Å². The molecule has 2 aromatic rings. The second kappa shape index (κ2) is 6.11. The lowest BCUT2D eigenvalue weighted by molar-refractivity contribution is 0.0695. The normalized spacial score (nSPS) is 12.1. The van der Waals surface area contributed by atoms with Crippen molar-refractivity contribution in [2.24, 2.45) is 0 Å². The molecule has 4 heteroatoms. The Morgan fingerprint density at radius 1 is 1.26 bits per heavy atom. The fraction of sp³-hybridized carbons (Fsp3) is 0.200. The summed E-state index contributed by atoms with van der Waals surface area (Å²) in [6, 6.07) is 12.8. The van der Waals surface area contributed by atoms with Crippen LogP contribution in [0.4, 0.5) is 0 Å². The number of hydrogen-bond donors (Lipinski definition) is 2. The zero-order valence-corrected chi connectivity index (χ0v) is 10.7. The molecule has 0 aliphatic rings. The van der Waals surface area contributed by atoms with E-state index in [-0.39, 0.29) is 6.04 Å². The Hall–Kier alpha value is -2.20. The number of aromatic carboxylic acids is 1. The quantitative estimate of drug-likeness (QED) is 0.863. The van der Waals surface area contributed by atoms with E-state index in [2.05, 4.69) is 10.3 Å². The highest BCUT2D eigenvalue weighted by atomic mass is 16.4. The molecule has 0 amide bonds. The van der Waals surface area contributed by atoms with Crippen molar-refractivity contribution >= 4 is 5.97 Å². The number of benzene rings is 1. The summed E-state index contributed by atoms with van der Waals surface area (Å²) in [5.74, 6) is -0.900. The summed E-state index contributed by atoms with van der Waals surface area (Å²) in [5, 5.41) is 12.4. The first-order valence-corrected chi connectivity index (χ1v) is 6.14. The van der Waals surface area contributed by atoms with Gasteiger partial charge in [-0.3, -0.25) is 4.98 Å². The Kier molecular flexibility index (Phi) is 4.26. The third kappa shape index (κ3) is 3.39. The fourth-order valence-electron chi connectivity index (χ4n) is 1.88. The summed E-state index contributed by atoms with van der Waals surface area (Å²) < 4.78 is 0. The van der Waals surface area contributed by atoms with Crippen LogP contribution in [-0.4, -0.2) is 16.1 Å². The summed E-state index contributed by atoms with van der Waals surface area (Å²) in [6.45, 7) is 2.51. The Balaban J connectivity index is 2.05. The predicted octanol–water partition coefficient (Wildman–Crippen LogP) is 2.63. The molecule has 1 atom stereocenters. The van der Waals surface area contributed by atoms with Gasteiger partial charge >= 0.3 is 5.97 Å². The van der Waals surface area contributed by atoms with Crippen LogP contribution >= 0.6 is 0 Å². The molecule has 0 fully saturated rings. The fourth-order valence-corrected chi connectivity index (χ4v) is 1.88. The molecule has 0 aliphatic heterocycles. The number of carboxylic acid groups (broad SMARTS) is 1. The highest BCUT2D eigenvalue weighted by molar-refractivity contribution is 5.89. The minimum atomic E-state index is -0.900. The maximum Gasteiger partial charge on any atom is 0.336 e. The van der Waals surface area contributed by atoms with Crippen LogP contribution in [-0.2, 0) is 6.54 Å². The van der Waals surface area contributed by atoms with Crippen LogP contribution in [0.15, 0.2) is 48.7 Å². The molecule has 2 rings (SSSR count). The molecule has 0 aliphatic carbocycles. The molecule has 2 N–H and O–H groups in total. The van der Waals surface area contributed by atoms with Crippen molar-refractivity contribution in [2.45, 2.75) is 19.5 Å². The van der Waals surface area contributed by atoms with Gasteiger partial charge in [-0.05, 0) is 30.7 Å². The molecule has 0 bridgehead atoms.